The van der Waals surface area contributed by atoms with Crippen molar-refractivity contribution in [2.45, 2.75) is 25.7 Å². The number of carboxylic acids is 1. The summed E-state index contributed by atoms with van der Waals surface area (Å²) in [5, 5.41) is 20.2. The second-order valence-electron chi connectivity index (χ2n) is 5.98. The zero-order valence-corrected chi connectivity index (χ0v) is 11.5. The van der Waals surface area contributed by atoms with E-state index in [4.69, 9.17) is 5.73 Å². The lowest BCUT2D eigenvalue weighted by Gasteiger charge is -2.34. The van der Waals surface area contributed by atoms with E-state index in [1.807, 2.05) is 4.90 Å². The Morgan fingerprint density at radius 3 is 2.38 bits per heavy atom. The van der Waals surface area contributed by atoms with Crippen molar-refractivity contribution in [1.82, 2.24) is 0 Å². The normalized spacial score (nSPS) is 19.5. The van der Waals surface area contributed by atoms with Crippen molar-refractivity contribution in [1.29, 1.82) is 0 Å². The molecule has 0 bridgehead atoms. The second-order valence-corrected chi connectivity index (χ2v) is 5.98. The first-order chi connectivity index (χ1) is 9.92. The van der Waals surface area contributed by atoms with Crippen LogP contribution in [0.3, 0.4) is 0 Å². The van der Waals surface area contributed by atoms with Gasteiger partial charge in [0, 0.05) is 19.2 Å². The number of piperidine rings is 1. The van der Waals surface area contributed by atoms with Crippen LogP contribution in [0.25, 0.3) is 0 Å². The maximum Gasteiger partial charge on any atom is 0.338 e. The van der Waals surface area contributed by atoms with Gasteiger partial charge in [0.25, 0.3) is 5.69 Å². The van der Waals surface area contributed by atoms with Gasteiger partial charge in [0.15, 0.2) is 0 Å². The van der Waals surface area contributed by atoms with Crippen LogP contribution >= 0.6 is 0 Å². The molecule has 0 unspecified atom stereocenters. The Bertz CT molecular complexity index is 615. The van der Waals surface area contributed by atoms with Gasteiger partial charge in [0.2, 0.25) is 0 Å². The van der Waals surface area contributed by atoms with Crippen molar-refractivity contribution in [3.8, 4) is 0 Å². The topological polar surface area (TPSA) is 110 Å². The first-order valence-corrected chi connectivity index (χ1v) is 6.98. The van der Waals surface area contributed by atoms with Crippen molar-refractivity contribution in [3.63, 3.8) is 0 Å². The molecule has 0 aromatic heterocycles. The summed E-state index contributed by atoms with van der Waals surface area (Å²) in [4.78, 5) is 23.6. The summed E-state index contributed by atoms with van der Waals surface area (Å²) in [5.41, 5.74) is 6.27. The lowest BCUT2D eigenvalue weighted by Crippen LogP contribution is -2.35. The van der Waals surface area contributed by atoms with Gasteiger partial charge in [-0.2, -0.15) is 0 Å². The maximum absolute atomic E-state index is 11.4. The fraction of sp³-hybridized carbons (Fsp3) is 0.500. The quantitative estimate of drug-likeness (QED) is 0.502. The molecule has 112 valence electrons. The third-order valence-electron chi connectivity index (χ3n) is 4.69. The fourth-order valence-corrected chi connectivity index (χ4v) is 3.08. The molecular formula is C14H17N3O4. The molecule has 1 aromatic rings. The van der Waals surface area contributed by atoms with Crippen molar-refractivity contribution in [2.75, 3.05) is 23.7 Å². The number of nitro benzene ring substituents is 1. The standard InChI is InChI=1S/C14H17N3O4/c15-10-8-11(9(13(18)19)7-12(10)17(20)21)16-5-3-14(1-2-14)4-6-16/h7-8H,1-6,15H2,(H,18,19). The van der Waals surface area contributed by atoms with Gasteiger partial charge in [-0.3, -0.25) is 10.1 Å². The van der Waals surface area contributed by atoms with E-state index < -0.39 is 10.9 Å². The van der Waals surface area contributed by atoms with Gasteiger partial charge in [-0.1, -0.05) is 0 Å². The van der Waals surface area contributed by atoms with Crippen molar-refractivity contribution in [2.24, 2.45) is 5.41 Å². The van der Waals surface area contributed by atoms with Crippen LogP contribution in [0.2, 0.25) is 0 Å². The number of nitro groups is 1. The Labute approximate surface area is 121 Å². The molecule has 2 aliphatic rings. The molecule has 2 fully saturated rings. The molecule has 0 amide bonds. The van der Waals surface area contributed by atoms with E-state index >= 15 is 0 Å². The van der Waals surface area contributed by atoms with Gasteiger partial charge < -0.3 is 15.7 Å². The molecule has 0 atom stereocenters. The number of carboxylic acid groups (broad SMARTS) is 1. The third kappa shape index (κ3) is 2.39. The average Bonchev–Trinajstić information content (AvgIpc) is 3.18. The number of rotatable bonds is 3. The van der Waals surface area contributed by atoms with Crippen LogP contribution in [0.15, 0.2) is 12.1 Å². The lowest BCUT2D eigenvalue weighted by atomic mass is 9.93. The molecule has 1 aliphatic heterocycles. The highest BCUT2D eigenvalue weighted by Gasteiger charge is 2.44. The van der Waals surface area contributed by atoms with E-state index in [1.54, 1.807) is 0 Å². The van der Waals surface area contributed by atoms with E-state index in [2.05, 4.69) is 0 Å². The highest BCUT2D eigenvalue weighted by Crippen LogP contribution is 2.54. The minimum absolute atomic E-state index is 0.00621. The van der Waals surface area contributed by atoms with Crippen LogP contribution in [-0.4, -0.2) is 29.1 Å². The van der Waals surface area contributed by atoms with Crippen molar-refractivity contribution < 1.29 is 14.8 Å². The van der Waals surface area contributed by atoms with Gasteiger partial charge in [-0.25, -0.2) is 4.79 Å². The minimum Gasteiger partial charge on any atom is -0.478 e. The summed E-state index contributed by atoms with van der Waals surface area (Å²) in [6.45, 7) is 1.55. The van der Waals surface area contributed by atoms with Crippen molar-refractivity contribution >= 4 is 23.0 Å². The molecule has 1 saturated heterocycles. The number of anilines is 2. The summed E-state index contributed by atoms with van der Waals surface area (Å²) in [5.74, 6) is -1.17. The molecule has 0 radical (unpaired) electrons. The summed E-state index contributed by atoms with van der Waals surface area (Å²) >= 11 is 0. The van der Waals surface area contributed by atoms with Gasteiger partial charge in [0.05, 0.1) is 16.2 Å². The number of nitrogens with zero attached hydrogens (tertiary/aromatic N) is 2. The number of nitrogens with two attached hydrogens (primary N) is 1. The number of hydrogen-bond donors (Lipinski definition) is 2. The number of nitrogen functional groups attached to an aromatic ring is 1. The second kappa shape index (κ2) is 4.61. The number of hydrogen-bond acceptors (Lipinski definition) is 5. The maximum atomic E-state index is 11.4. The number of benzene rings is 1. The highest BCUT2D eigenvalue weighted by atomic mass is 16.6. The van der Waals surface area contributed by atoms with E-state index in [1.165, 1.54) is 18.9 Å². The predicted octanol–water partition coefficient (Wildman–Crippen LogP) is 2.26. The summed E-state index contributed by atoms with van der Waals surface area (Å²) in [7, 11) is 0. The zero-order chi connectivity index (χ0) is 15.2. The number of aromatic carboxylic acids is 1. The Morgan fingerprint density at radius 1 is 1.29 bits per heavy atom. The van der Waals surface area contributed by atoms with Crippen LogP contribution in [0.5, 0.6) is 0 Å². The molecule has 3 N–H and O–H groups in total. The molecule has 1 spiro atoms. The molecule has 3 rings (SSSR count). The fourth-order valence-electron chi connectivity index (χ4n) is 3.08. The minimum atomic E-state index is -1.17. The van der Waals surface area contributed by atoms with Crippen LogP contribution in [0.1, 0.15) is 36.0 Å². The SMILES string of the molecule is Nc1cc(N2CCC3(CC2)CC3)c(C(=O)O)cc1[N+](=O)[O-]. The molecular weight excluding hydrogens is 274 g/mol. The van der Waals surface area contributed by atoms with Crippen LogP contribution in [0, 0.1) is 15.5 Å². The first kappa shape index (κ1) is 13.7. The van der Waals surface area contributed by atoms with Gasteiger partial charge in [-0.15, -0.1) is 0 Å². The molecule has 1 heterocycles. The highest BCUT2D eigenvalue weighted by molar-refractivity contribution is 5.97. The van der Waals surface area contributed by atoms with E-state index in [0.29, 0.717) is 11.1 Å². The smallest absolute Gasteiger partial charge is 0.338 e. The van der Waals surface area contributed by atoms with E-state index in [-0.39, 0.29) is 16.9 Å². The third-order valence-corrected chi connectivity index (χ3v) is 4.69. The molecule has 7 nitrogen and oxygen atoms in total. The van der Waals surface area contributed by atoms with E-state index in [9.17, 15) is 20.0 Å². The molecule has 1 aliphatic carbocycles. The van der Waals surface area contributed by atoms with Crippen LogP contribution in [-0.2, 0) is 0 Å². The average molecular weight is 291 g/mol. The zero-order valence-electron chi connectivity index (χ0n) is 11.5. The molecule has 7 heteroatoms. The van der Waals surface area contributed by atoms with Gasteiger partial charge >= 0.3 is 5.97 Å². The Balaban J connectivity index is 1.95. The summed E-state index contributed by atoms with van der Waals surface area (Å²) in [6.07, 6.45) is 4.61. The monoisotopic (exact) mass is 291 g/mol. The first-order valence-electron chi connectivity index (χ1n) is 6.98. The van der Waals surface area contributed by atoms with E-state index in [0.717, 1.165) is 32.0 Å². The Hall–Kier alpha value is -2.31. The molecule has 1 saturated carbocycles. The largest absolute Gasteiger partial charge is 0.478 e. The summed E-state index contributed by atoms with van der Waals surface area (Å²) < 4.78 is 0. The number of carbonyl (C=O) groups is 1. The van der Waals surface area contributed by atoms with Gasteiger partial charge in [-0.05, 0) is 37.2 Å². The summed E-state index contributed by atoms with van der Waals surface area (Å²) in [6, 6.07) is 2.49. The predicted molar refractivity (Wildman–Crippen MR) is 77.6 cm³/mol. The Morgan fingerprint density at radius 2 is 1.90 bits per heavy atom. The Kier molecular flexibility index (Phi) is 3.00. The van der Waals surface area contributed by atoms with Crippen LogP contribution in [0.4, 0.5) is 17.1 Å². The lowest BCUT2D eigenvalue weighted by molar-refractivity contribution is -0.383. The molecule has 21 heavy (non-hydrogen) atoms. The molecule has 1 aromatic carbocycles. The van der Waals surface area contributed by atoms with Gasteiger partial charge in [0.1, 0.15) is 5.69 Å². The van der Waals surface area contributed by atoms with Crippen LogP contribution < -0.4 is 10.6 Å². The van der Waals surface area contributed by atoms with Crippen molar-refractivity contribution in [3.05, 3.63) is 27.8 Å².